The summed E-state index contributed by atoms with van der Waals surface area (Å²) in [4.78, 5) is 30.1. The number of hydrogen-bond acceptors (Lipinski definition) is 5. The molecule has 0 aliphatic carbocycles. The van der Waals surface area contributed by atoms with Crippen molar-refractivity contribution in [1.82, 2.24) is 19.7 Å². The topological polar surface area (TPSA) is 68.1 Å². The maximum atomic E-state index is 12.2. The highest BCUT2D eigenvalue weighted by atomic mass is 16.1. The monoisotopic (exact) mass is 320 g/mol. The van der Waals surface area contributed by atoms with Gasteiger partial charge in [0, 0.05) is 50.2 Å². The predicted molar refractivity (Wildman–Crippen MR) is 92.3 cm³/mol. The van der Waals surface area contributed by atoms with Crippen molar-refractivity contribution in [1.29, 1.82) is 0 Å². The van der Waals surface area contributed by atoms with Crippen LogP contribution in [0.15, 0.2) is 65.9 Å². The molecule has 0 N–H and O–H groups in total. The molecular weight excluding hydrogens is 304 g/mol. The van der Waals surface area contributed by atoms with E-state index in [1.54, 1.807) is 37.6 Å². The SMILES string of the molecule is CN(C)/C=C/C(=O)c1nn(-c2ccc3ncccc3c2)ccc1=O. The summed E-state index contributed by atoms with van der Waals surface area (Å²) in [6.45, 7) is 0. The second kappa shape index (κ2) is 6.45. The highest BCUT2D eigenvalue weighted by molar-refractivity contribution is 6.02. The second-order valence-corrected chi connectivity index (χ2v) is 5.50. The summed E-state index contributed by atoms with van der Waals surface area (Å²) >= 11 is 0. The first kappa shape index (κ1) is 15.6. The van der Waals surface area contributed by atoms with Gasteiger partial charge in [-0.05, 0) is 24.3 Å². The molecule has 0 unspecified atom stereocenters. The van der Waals surface area contributed by atoms with Crippen LogP contribution < -0.4 is 5.43 Å². The van der Waals surface area contributed by atoms with Crippen LogP contribution in [0.25, 0.3) is 16.6 Å². The molecule has 0 radical (unpaired) electrons. The molecule has 2 aromatic heterocycles. The second-order valence-electron chi connectivity index (χ2n) is 5.50. The van der Waals surface area contributed by atoms with Crippen molar-refractivity contribution >= 4 is 16.7 Å². The van der Waals surface area contributed by atoms with Crippen molar-refractivity contribution < 1.29 is 4.79 Å². The summed E-state index contributed by atoms with van der Waals surface area (Å²) in [5.41, 5.74) is 1.11. The number of fused-ring (bicyclic) bond motifs is 1. The van der Waals surface area contributed by atoms with Gasteiger partial charge in [0.2, 0.25) is 11.2 Å². The lowest BCUT2D eigenvalue weighted by atomic mass is 10.2. The maximum Gasteiger partial charge on any atom is 0.211 e. The third-order valence-electron chi connectivity index (χ3n) is 3.42. The minimum absolute atomic E-state index is 0.109. The normalized spacial score (nSPS) is 11.1. The molecule has 120 valence electrons. The van der Waals surface area contributed by atoms with Gasteiger partial charge in [0.15, 0.2) is 5.69 Å². The Kier molecular flexibility index (Phi) is 4.20. The Bertz CT molecular complexity index is 989. The first-order chi connectivity index (χ1) is 11.5. The Balaban J connectivity index is 2.03. The van der Waals surface area contributed by atoms with Crippen LogP contribution >= 0.6 is 0 Å². The Labute approximate surface area is 138 Å². The molecule has 0 saturated heterocycles. The lowest BCUT2D eigenvalue weighted by molar-refractivity contribution is 0.103. The van der Waals surface area contributed by atoms with Gasteiger partial charge >= 0.3 is 0 Å². The number of allylic oxidation sites excluding steroid dienone is 1. The maximum absolute atomic E-state index is 12.2. The molecule has 6 nitrogen and oxygen atoms in total. The number of ketones is 1. The largest absolute Gasteiger partial charge is 0.383 e. The number of carbonyl (C=O) groups is 1. The van der Waals surface area contributed by atoms with Crippen LogP contribution in [-0.2, 0) is 0 Å². The molecule has 2 heterocycles. The Hall–Kier alpha value is -3.28. The van der Waals surface area contributed by atoms with Crippen molar-refractivity contribution in [3.63, 3.8) is 0 Å². The molecule has 3 rings (SSSR count). The minimum atomic E-state index is -0.425. The lowest BCUT2D eigenvalue weighted by Gasteiger charge is -2.07. The van der Waals surface area contributed by atoms with Crippen molar-refractivity contribution in [3.8, 4) is 5.69 Å². The van der Waals surface area contributed by atoms with Gasteiger partial charge in [-0.15, -0.1) is 0 Å². The molecule has 0 aliphatic heterocycles. The van der Waals surface area contributed by atoms with E-state index in [4.69, 9.17) is 0 Å². The lowest BCUT2D eigenvalue weighted by Crippen LogP contribution is -2.20. The van der Waals surface area contributed by atoms with Gasteiger partial charge in [-0.25, -0.2) is 4.68 Å². The molecular formula is C18H16N4O2. The van der Waals surface area contributed by atoms with E-state index in [9.17, 15) is 9.59 Å². The predicted octanol–water partition coefficient (Wildman–Crippen LogP) is 2.04. The number of benzene rings is 1. The molecule has 0 bridgehead atoms. The van der Waals surface area contributed by atoms with Gasteiger partial charge in [0.25, 0.3) is 0 Å². The fraction of sp³-hybridized carbons (Fsp3) is 0.111. The van der Waals surface area contributed by atoms with Gasteiger partial charge in [-0.3, -0.25) is 14.6 Å². The Morgan fingerprint density at radius 2 is 2.04 bits per heavy atom. The van der Waals surface area contributed by atoms with E-state index in [0.717, 1.165) is 16.6 Å². The van der Waals surface area contributed by atoms with Gasteiger partial charge in [0.1, 0.15) is 0 Å². The van der Waals surface area contributed by atoms with E-state index >= 15 is 0 Å². The number of carbonyl (C=O) groups excluding carboxylic acids is 1. The summed E-state index contributed by atoms with van der Waals surface area (Å²) in [5, 5.41) is 5.15. The van der Waals surface area contributed by atoms with E-state index in [1.807, 2.05) is 30.3 Å². The summed E-state index contributed by atoms with van der Waals surface area (Å²) in [7, 11) is 3.59. The van der Waals surface area contributed by atoms with Gasteiger partial charge in [-0.2, -0.15) is 5.10 Å². The van der Waals surface area contributed by atoms with Crippen molar-refractivity contribution in [3.05, 3.63) is 77.0 Å². The van der Waals surface area contributed by atoms with Crippen molar-refractivity contribution in [2.24, 2.45) is 0 Å². The standard InChI is InChI=1S/C18H16N4O2/c1-21(2)10-7-16(23)18-17(24)8-11-22(20-18)14-5-6-15-13(12-14)4-3-9-19-15/h3-12H,1-2H3/b10-7+. The van der Waals surface area contributed by atoms with Crippen LogP contribution in [0.5, 0.6) is 0 Å². The quantitative estimate of drug-likeness (QED) is 0.543. The first-order valence-electron chi connectivity index (χ1n) is 7.39. The van der Waals surface area contributed by atoms with Gasteiger partial charge in [0.05, 0.1) is 11.2 Å². The van der Waals surface area contributed by atoms with Crippen LogP contribution in [0.2, 0.25) is 0 Å². The zero-order chi connectivity index (χ0) is 17.1. The van der Waals surface area contributed by atoms with Crippen molar-refractivity contribution in [2.45, 2.75) is 0 Å². The first-order valence-corrected chi connectivity index (χ1v) is 7.39. The van der Waals surface area contributed by atoms with E-state index in [-0.39, 0.29) is 5.69 Å². The van der Waals surface area contributed by atoms with Crippen LogP contribution in [0.3, 0.4) is 0 Å². The molecule has 24 heavy (non-hydrogen) atoms. The van der Waals surface area contributed by atoms with Gasteiger partial charge in [-0.1, -0.05) is 6.07 Å². The summed E-state index contributed by atoms with van der Waals surface area (Å²) in [6.07, 6.45) is 6.20. The van der Waals surface area contributed by atoms with Crippen LogP contribution in [0, 0.1) is 0 Å². The number of nitrogens with zero attached hydrogens (tertiary/aromatic N) is 4. The van der Waals surface area contributed by atoms with E-state index in [2.05, 4.69) is 10.1 Å². The Morgan fingerprint density at radius 3 is 2.83 bits per heavy atom. The highest BCUT2D eigenvalue weighted by Crippen LogP contribution is 2.15. The fourth-order valence-electron chi connectivity index (χ4n) is 2.22. The zero-order valence-electron chi connectivity index (χ0n) is 13.4. The number of rotatable bonds is 4. The highest BCUT2D eigenvalue weighted by Gasteiger charge is 2.11. The van der Waals surface area contributed by atoms with E-state index in [1.165, 1.54) is 16.8 Å². The number of aromatic nitrogens is 3. The molecule has 0 amide bonds. The molecule has 0 saturated carbocycles. The third kappa shape index (κ3) is 3.22. The zero-order valence-corrected chi connectivity index (χ0v) is 13.4. The van der Waals surface area contributed by atoms with Gasteiger partial charge < -0.3 is 4.90 Å². The summed E-state index contributed by atoms with van der Waals surface area (Å²) in [5.74, 6) is -0.425. The van der Waals surface area contributed by atoms with Crippen LogP contribution in [-0.4, -0.2) is 39.5 Å². The average Bonchev–Trinajstić information content (AvgIpc) is 2.59. The fourth-order valence-corrected chi connectivity index (χ4v) is 2.22. The number of pyridine rings is 1. The molecule has 0 spiro atoms. The van der Waals surface area contributed by atoms with Crippen molar-refractivity contribution in [2.75, 3.05) is 14.1 Å². The van der Waals surface area contributed by atoms with E-state index < -0.39 is 11.2 Å². The minimum Gasteiger partial charge on any atom is -0.383 e. The Morgan fingerprint density at radius 1 is 1.21 bits per heavy atom. The smallest absolute Gasteiger partial charge is 0.211 e. The molecule has 6 heteroatoms. The van der Waals surface area contributed by atoms with Crippen LogP contribution in [0.1, 0.15) is 10.5 Å². The van der Waals surface area contributed by atoms with E-state index in [0.29, 0.717) is 0 Å². The molecule has 0 aliphatic rings. The molecule has 0 atom stereocenters. The van der Waals surface area contributed by atoms with Crippen LogP contribution in [0.4, 0.5) is 0 Å². The molecule has 1 aromatic carbocycles. The number of hydrogen-bond donors (Lipinski definition) is 0. The molecule has 0 fully saturated rings. The average molecular weight is 320 g/mol. The summed E-state index contributed by atoms with van der Waals surface area (Å²) in [6, 6.07) is 10.8. The molecule has 3 aromatic rings. The summed E-state index contributed by atoms with van der Waals surface area (Å²) < 4.78 is 1.52. The third-order valence-corrected chi connectivity index (χ3v) is 3.42.